The SMILES string of the molecule is Cc1ccc(C(=O)C(C)Sc2nnc(-c3cccc(Cl)c3)o2)cc1. The van der Waals surface area contributed by atoms with Gasteiger partial charge in [-0.2, -0.15) is 0 Å². The topological polar surface area (TPSA) is 56.0 Å². The van der Waals surface area contributed by atoms with Crippen molar-refractivity contribution in [1.29, 1.82) is 0 Å². The Bertz CT molecular complexity index is 861. The lowest BCUT2D eigenvalue weighted by Crippen LogP contribution is -2.13. The third-order valence-corrected chi connectivity index (χ3v) is 4.63. The van der Waals surface area contributed by atoms with Crippen molar-refractivity contribution < 1.29 is 9.21 Å². The third-order valence-electron chi connectivity index (χ3n) is 3.46. The molecule has 0 radical (unpaired) electrons. The second kappa shape index (κ2) is 7.20. The Labute approximate surface area is 149 Å². The molecule has 6 heteroatoms. The van der Waals surface area contributed by atoms with Crippen LogP contribution in [0.25, 0.3) is 11.5 Å². The number of carbonyl (C=O) groups excluding carboxylic acids is 1. The molecule has 3 rings (SSSR count). The van der Waals surface area contributed by atoms with Crippen molar-refractivity contribution >= 4 is 29.1 Å². The summed E-state index contributed by atoms with van der Waals surface area (Å²) >= 11 is 7.21. The highest BCUT2D eigenvalue weighted by Crippen LogP contribution is 2.28. The zero-order valence-corrected chi connectivity index (χ0v) is 14.8. The Hall–Kier alpha value is -2.11. The summed E-state index contributed by atoms with van der Waals surface area (Å²) in [5, 5.41) is 8.66. The molecule has 122 valence electrons. The van der Waals surface area contributed by atoms with E-state index in [0.717, 1.165) is 11.1 Å². The molecule has 0 fully saturated rings. The van der Waals surface area contributed by atoms with Gasteiger partial charge >= 0.3 is 0 Å². The van der Waals surface area contributed by atoms with Crippen LogP contribution in [0.15, 0.2) is 58.2 Å². The van der Waals surface area contributed by atoms with Crippen LogP contribution in [-0.4, -0.2) is 21.2 Å². The maximum atomic E-state index is 12.5. The zero-order chi connectivity index (χ0) is 17.1. The third kappa shape index (κ3) is 3.86. The van der Waals surface area contributed by atoms with Crippen LogP contribution >= 0.6 is 23.4 Å². The van der Waals surface area contributed by atoms with Crippen molar-refractivity contribution in [3.8, 4) is 11.5 Å². The molecule has 0 aliphatic heterocycles. The molecule has 0 saturated carbocycles. The van der Waals surface area contributed by atoms with Crippen LogP contribution in [-0.2, 0) is 0 Å². The Morgan fingerprint density at radius 3 is 2.62 bits per heavy atom. The van der Waals surface area contributed by atoms with Crippen molar-refractivity contribution in [1.82, 2.24) is 10.2 Å². The number of hydrogen-bond acceptors (Lipinski definition) is 5. The van der Waals surface area contributed by atoms with E-state index in [1.54, 1.807) is 12.1 Å². The molecule has 0 amide bonds. The molecule has 2 aromatic carbocycles. The van der Waals surface area contributed by atoms with Crippen molar-refractivity contribution in [3.05, 3.63) is 64.7 Å². The van der Waals surface area contributed by atoms with E-state index in [4.69, 9.17) is 16.0 Å². The van der Waals surface area contributed by atoms with Crippen molar-refractivity contribution in [2.24, 2.45) is 0 Å². The van der Waals surface area contributed by atoms with Crippen LogP contribution in [0.1, 0.15) is 22.8 Å². The number of thioether (sulfide) groups is 1. The molecule has 3 aromatic rings. The summed E-state index contributed by atoms with van der Waals surface area (Å²) in [6.45, 7) is 3.82. The molecule has 1 unspecified atom stereocenters. The fourth-order valence-corrected chi connectivity index (χ4v) is 3.10. The number of ketones is 1. The van der Waals surface area contributed by atoms with E-state index in [-0.39, 0.29) is 11.0 Å². The maximum absolute atomic E-state index is 12.5. The second-order valence-corrected chi connectivity index (χ2v) is 7.10. The van der Waals surface area contributed by atoms with Gasteiger partial charge in [-0.15, -0.1) is 10.2 Å². The average Bonchev–Trinajstić information content (AvgIpc) is 3.03. The molecule has 24 heavy (non-hydrogen) atoms. The summed E-state index contributed by atoms with van der Waals surface area (Å²) < 4.78 is 5.63. The standard InChI is InChI=1S/C18H15ClN2O2S/c1-11-6-8-13(9-7-11)16(22)12(2)24-18-21-20-17(23-18)14-4-3-5-15(19)10-14/h3-10,12H,1-2H3. The van der Waals surface area contributed by atoms with E-state index in [2.05, 4.69) is 10.2 Å². The lowest BCUT2D eigenvalue weighted by atomic mass is 10.1. The number of nitrogens with zero attached hydrogens (tertiary/aromatic N) is 2. The predicted octanol–water partition coefficient (Wildman–Crippen LogP) is 5.06. The smallest absolute Gasteiger partial charge is 0.277 e. The summed E-state index contributed by atoms with van der Waals surface area (Å²) in [6.07, 6.45) is 0. The first kappa shape index (κ1) is 16.7. The van der Waals surface area contributed by atoms with Crippen LogP contribution in [0.2, 0.25) is 5.02 Å². The molecule has 0 aliphatic rings. The van der Waals surface area contributed by atoms with Gasteiger partial charge in [0.1, 0.15) is 0 Å². The predicted molar refractivity (Wildman–Crippen MR) is 95.6 cm³/mol. The highest BCUT2D eigenvalue weighted by molar-refractivity contribution is 8.00. The monoisotopic (exact) mass is 358 g/mol. The minimum absolute atomic E-state index is 0.0301. The fourth-order valence-electron chi connectivity index (χ4n) is 2.15. The van der Waals surface area contributed by atoms with Gasteiger partial charge in [-0.3, -0.25) is 4.79 Å². The molecule has 0 spiro atoms. The van der Waals surface area contributed by atoms with Gasteiger partial charge in [-0.05, 0) is 32.0 Å². The van der Waals surface area contributed by atoms with E-state index < -0.39 is 0 Å². The van der Waals surface area contributed by atoms with Crippen LogP contribution < -0.4 is 0 Å². The van der Waals surface area contributed by atoms with Gasteiger partial charge in [0, 0.05) is 16.1 Å². The first-order valence-electron chi connectivity index (χ1n) is 7.40. The molecular formula is C18H15ClN2O2S. The maximum Gasteiger partial charge on any atom is 0.277 e. The van der Waals surface area contributed by atoms with E-state index >= 15 is 0 Å². The zero-order valence-electron chi connectivity index (χ0n) is 13.2. The molecule has 0 bridgehead atoms. The lowest BCUT2D eigenvalue weighted by Gasteiger charge is -2.07. The summed E-state index contributed by atoms with van der Waals surface area (Å²) in [7, 11) is 0. The minimum atomic E-state index is -0.319. The Kier molecular flexibility index (Phi) is 5.02. The van der Waals surface area contributed by atoms with Gasteiger partial charge in [0.15, 0.2) is 5.78 Å². The van der Waals surface area contributed by atoms with Crippen LogP contribution in [0, 0.1) is 6.92 Å². The minimum Gasteiger partial charge on any atom is -0.411 e. The first-order chi connectivity index (χ1) is 11.5. The van der Waals surface area contributed by atoms with Gasteiger partial charge in [-0.25, -0.2) is 0 Å². The van der Waals surface area contributed by atoms with Crippen LogP contribution in [0.5, 0.6) is 0 Å². The van der Waals surface area contributed by atoms with Crippen molar-refractivity contribution in [3.63, 3.8) is 0 Å². The van der Waals surface area contributed by atoms with Gasteiger partial charge < -0.3 is 4.42 Å². The van der Waals surface area contributed by atoms with E-state index in [0.29, 0.717) is 21.7 Å². The number of aryl methyl sites for hydroxylation is 1. The number of aromatic nitrogens is 2. The number of Topliss-reactive ketones (excluding diaryl/α,β-unsaturated/α-hetero) is 1. The highest BCUT2D eigenvalue weighted by atomic mass is 35.5. The summed E-state index contributed by atoms with van der Waals surface area (Å²) in [5.41, 5.74) is 2.55. The number of hydrogen-bond donors (Lipinski definition) is 0. The Morgan fingerprint density at radius 1 is 1.17 bits per heavy atom. The fraction of sp³-hybridized carbons (Fsp3) is 0.167. The molecule has 0 N–H and O–H groups in total. The molecule has 1 heterocycles. The quantitative estimate of drug-likeness (QED) is 0.471. The van der Waals surface area contributed by atoms with Crippen LogP contribution in [0.3, 0.4) is 0 Å². The van der Waals surface area contributed by atoms with Crippen molar-refractivity contribution in [2.45, 2.75) is 24.3 Å². The summed E-state index contributed by atoms with van der Waals surface area (Å²) in [5.74, 6) is 0.414. The molecule has 0 aliphatic carbocycles. The normalized spacial score (nSPS) is 12.1. The second-order valence-electron chi connectivity index (χ2n) is 5.37. The largest absolute Gasteiger partial charge is 0.411 e. The van der Waals surface area contributed by atoms with Gasteiger partial charge in [0.25, 0.3) is 5.22 Å². The molecule has 4 nitrogen and oxygen atoms in total. The highest BCUT2D eigenvalue weighted by Gasteiger charge is 2.20. The Balaban J connectivity index is 1.72. The van der Waals surface area contributed by atoms with E-state index in [9.17, 15) is 4.79 Å². The lowest BCUT2D eigenvalue weighted by molar-refractivity contribution is 0.0993. The number of rotatable bonds is 5. The molecule has 1 aromatic heterocycles. The summed E-state index contributed by atoms with van der Waals surface area (Å²) in [4.78, 5) is 12.5. The number of carbonyl (C=O) groups is 1. The van der Waals surface area contributed by atoms with Gasteiger partial charge in [0.2, 0.25) is 5.89 Å². The average molecular weight is 359 g/mol. The number of halogens is 1. The van der Waals surface area contributed by atoms with Crippen LogP contribution in [0.4, 0.5) is 0 Å². The van der Waals surface area contributed by atoms with Gasteiger partial charge in [-0.1, -0.05) is 59.3 Å². The van der Waals surface area contributed by atoms with E-state index in [1.807, 2.05) is 50.2 Å². The molecule has 1 atom stereocenters. The summed E-state index contributed by atoms with van der Waals surface area (Å²) in [6, 6.07) is 14.7. The van der Waals surface area contributed by atoms with Crippen molar-refractivity contribution in [2.75, 3.05) is 0 Å². The first-order valence-corrected chi connectivity index (χ1v) is 8.65. The van der Waals surface area contributed by atoms with Gasteiger partial charge in [0.05, 0.1) is 5.25 Å². The number of benzene rings is 2. The molecular weight excluding hydrogens is 344 g/mol. The Morgan fingerprint density at radius 2 is 1.92 bits per heavy atom. The molecule has 0 saturated heterocycles. The van der Waals surface area contributed by atoms with E-state index in [1.165, 1.54) is 11.8 Å².